The molecule has 0 aromatic carbocycles. The summed E-state index contributed by atoms with van der Waals surface area (Å²) in [6, 6.07) is 3.53. The Morgan fingerprint density at radius 3 is 3.05 bits per heavy atom. The fourth-order valence-corrected chi connectivity index (χ4v) is 1.73. The fraction of sp³-hybridized carbons (Fsp3) is 0.500. The lowest BCUT2D eigenvalue weighted by Crippen LogP contribution is -2.35. The molecule has 1 N–H and O–H groups in total. The van der Waals surface area contributed by atoms with Gasteiger partial charge >= 0.3 is 0 Å². The number of aliphatic imine (C=N–C) groups is 1. The van der Waals surface area contributed by atoms with Gasteiger partial charge in [-0.25, -0.2) is 13.8 Å². The normalized spacial score (nSPS) is 14.7. The molecule has 104 valence electrons. The van der Waals surface area contributed by atoms with Crippen LogP contribution in [0.5, 0.6) is 5.88 Å². The highest BCUT2D eigenvalue weighted by molar-refractivity contribution is 5.81. The molecule has 1 aromatic rings. The van der Waals surface area contributed by atoms with Gasteiger partial charge in [-0.05, 0) is 6.07 Å². The highest BCUT2D eigenvalue weighted by Crippen LogP contribution is 2.15. The molecule has 0 atom stereocenters. The van der Waals surface area contributed by atoms with Crippen molar-refractivity contribution in [2.24, 2.45) is 4.99 Å². The number of rotatable bonds is 5. The predicted molar refractivity (Wildman–Crippen MR) is 67.5 cm³/mol. The molecule has 0 amide bonds. The van der Waals surface area contributed by atoms with Crippen molar-refractivity contribution in [1.29, 1.82) is 0 Å². The maximum atomic E-state index is 12.1. The van der Waals surface area contributed by atoms with Crippen molar-refractivity contribution in [2.75, 3.05) is 26.7 Å². The molecule has 7 heteroatoms. The molecule has 0 saturated carbocycles. The van der Waals surface area contributed by atoms with Crippen LogP contribution in [0, 0.1) is 0 Å². The maximum absolute atomic E-state index is 12.1. The Balaban J connectivity index is 1.95. The number of hydrogen-bond donors (Lipinski definition) is 1. The van der Waals surface area contributed by atoms with E-state index in [2.05, 4.69) is 15.3 Å². The van der Waals surface area contributed by atoms with Gasteiger partial charge in [0.15, 0.2) is 12.6 Å². The lowest BCUT2D eigenvalue weighted by molar-refractivity contribution is 0.0790. The zero-order valence-electron chi connectivity index (χ0n) is 10.6. The second kappa shape index (κ2) is 6.31. The molecule has 0 bridgehead atoms. The van der Waals surface area contributed by atoms with Crippen LogP contribution in [-0.2, 0) is 6.54 Å². The summed E-state index contributed by atoms with van der Waals surface area (Å²) in [5.74, 6) is 1.03. The molecule has 2 rings (SSSR count). The first-order valence-corrected chi connectivity index (χ1v) is 6.01. The number of hydrogen-bond acceptors (Lipinski definition) is 5. The van der Waals surface area contributed by atoms with Crippen molar-refractivity contribution < 1.29 is 13.5 Å². The highest BCUT2D eigenvalue weighted by atomic mass is 19.3. The third kappa shape index (κ3) is 3.77. The second-order valence-corrected chi connectivity index (χ2v) is 4.15. The molecule has 0 radical (unpaired) electrons. The van der Waals surface area contributed by atoms with Crippen molar-refractivity contribution in [2.45, 2.75) is 13.0 Å². The Kier molecular flexibility index (Phi) is 4.48. The lowest BCUT2D eigenvalue weighted by atomic mass is 10.2. The maximum Gasteiger partial charge on any atom is 0.272 e. The third-order valence-electron chi connectivity index (χ3n) is 2.69. The van der Waals surface area contributed by atoms with E-state index in [4.69, 9.17) is 4.74 Å². The lowest BCUT2D eigenvalue weighted by Gasteiger charge is -2.16. The smallest absolute Gasteiger partial charge is 0.272 e. The molecule has 1 aromatic heterocycles. The van der Waals surface area contributed by atoms with Crippen LogP contribution in [0.2, 0.25) is 0 Å². The fourth-order valence-electron chi connectivity index (χ4n) is 1.73. The molecule has 0 spiro atoms. The summed E-state index contributed by atoms with van der Waals surface area (Å²) in [5, 5.41) is 3.14. The minimum absolute atomic E-state index is 0.233. The number of guanidine groups is 1. The van der Waals surface area contributed by atoms with Gasteiger partial charge in [0, 0.05) is 31.9 Å². The number of likely N-dealkylation sites (N-methyl/N-ethyl adjacent to an activating group) is 1. The third-order valence-corrected chi connectivity index (χ3v) is 2.69. The molecular formula is C12H16F2N4O. The quantitative estimate of drug-likeness (QED) is 0.871. The summed E-state index contributed by atoms with van der Waals surface area (Å²) in [6.07, 6.45) is -0.989. The van der Waals surface area contributed by atoms with Crippen LogP contribution < -0.4 is 10.1 Å². The van der Waals surface area contributed by atoms with Crippen LogP contribution in [0.15, 0.2) is 23.3 Å². The Bertz CT molecular complexity index is 453. The average Bonchev–Trinajstić information content (AvgIpc) is 2.80. The van der Waals surface area contributed by atoms with E-state index in [1.165, 1.54) is 6.20 Å². The zero-order valence-corrected chi connectivity index (χ0v) is 10.6. The summed E-state index contributed by atoms with van der Waals surface area (Å²) in [5.41, 5.74) is 0.728. The molecule has 0 saturated heterocycles. The standard InChI is InChI=1S/C12H16F2N4O/c1-18-6-5-16-12(18)17-7-9-3-2-4-15-11(9)19-8-10(13)14/h2-4,10H,5-8H2,1H3,(H,16,17). The van der Waals surface area contributed by atoms with E-state index >= 15 is 0 Å². The Hall–Kier alpha value is -1.92. The van der Waals surface area contributed by atoms with Crippen LogP contribution in [0.25, 0.3) is 0 Å². The summed E-state index contributed by atoms with van der Waals surface area (Å²) in [4.78, 5) is 10.2. The molecule has 1 aliphatic rings. The molecule has 0 aliphatic carbocycles. The van der Waals surface area contributed by atoms with E-state index in [1.54, 1.807) is 12.1 Å². The van der Waals surface area contributed by atoms with Gasteiger partial charge in [-0.2, -0.15) is 0 Å². The van der Waals surface area contributed by atoms with Crippen molar-refractivity contribution in [3.05, 3.63) is 23.9 Å². The minimum Gasteiger partial charge on any atom is -0.471 e. The SMILES string of the molecule is CN1CCN=C1NCc1cccnc1OCC(F)F. The van der Waals surface area contributed by atoms with E-state index in [0.717, 1.165) is 24.6 Å². The van der Waals surface area contributed by atoms with Crippen molar-refractivity contribution in [3.63, 3.8) is 0 Å². The van der Waals surface area contributed by atoms with Crippen molar-refractivity contribution in [3.8, 4) is 5.88 Å². The van der Waals surface area contributed by atoms with Crippen LogP contribution in [0.4, 0.5) is 8.78 Å². The number of ether oxygens (including phenoxy) is 1. The van der Waals surface area contributed by atoms with E-state index in [9.17, 15) is 8.78 Å². The van der Waals surface area contributed by atoms with Gasteiger partial charge in [-0.1, -0.05) is 6.07 Å². The predicted octanol–water partition coefficient (Wildman–Crippen LogP) is 1.12. The zero-order chi connectivity index (χ0) is 13.7. The number of aromatic nitrogens is 1. The first kappa shape index (κ1) is 13.5. The van der Waals surface area contributed by atoms with E-state index in [0.29, 0.717) is 6.54 Å². The molecule has 2 heterocycles. The highest BCUT2D eigenvalue weighted by Gasteiger charge is 2.13. The number of alkyl halides is 2. The minimum atomic E-state index is -2.51. The van der Waals surface area contributed by atoms with E-state index in [-0.39, 0.29) is 5.88 Å². The molecule has 5 nitrogen and oxygen atoms in total. The van der Waals surface area contributed by atoms with Crippen molar-refractivity contribution in [1.82, 2.24) is 15.2 Å². The number of halogens is 2. The first-order valence-electron chi connectivity index (χ1n) is 6.01. The van der Waals surface area contributed by atoms with E-state index < -0.39 is 13.0 Å². The van der Waals surface area contributed by atoms with Crippen molar-refractivity contribution >= 4 is 5.96 Å². The van der Waals surface area contributed by atoms with E-state index in [1.807, 2.05) is 11.9 Å². The summed E-state index contributed by atoms with van der Waals surface area (Å²) < 4.78 is 29.3. The number of nitrogens with one attached hydrogen (secondary N) is 1. The molecule has 1 aliphatic heterocycles. The molecule has 0 fully saturated rings. The van der Waals surface area contributed by atoms with Crippen LogP contribution in [0.1, 0.15) is 5.56 Å². The van der Waals surface area contributed by atoms with Gasteiger partial charge in [-0.15, -0.1) is 0 Å². The van der Waals surface area contributed by atoms with Gasteiger partial charge < -0.3 is 15.0 Å². The van der Waals surface area contributed by atoms with Crippen LogP contribution in [-0.4, -0.2) is 49.0 Å². The van der Waals surface area contributed by atoms with Gasteiger partial charge in [0.2, 0.25) is 5.88 Å². The van der Waals surface area contributed by atoms with Crippen LogP contribution >= 0.6 is 0 Å². The summed E-state index contributed by atoms with van der Waals surface area (Å²) in [7, 11) is 1.94. The Morgan fingerprint density at radius 1 is 1.53 bits per heavy atom. The second-order valence-electron chi connectivity index (χ2n) is 4.15. The average molecular weight is 270 g/mol. The molecular weight excluding hydrogens is 254 g/mol. The Labute approximate surface area is 110 Å². The number of pyridine rings is 1. The molecule has 19 heavy (non-hydrogen) atoms. The van der Waals surface area contributed by atoms with Gasteiger partial charge in [-0.3, -0.25) is 4.99 Å². The monoisotopic (exact) mass is 270 g/mol. The largest absolute Gasteiger partial charge is 0.471 e. The number of nitrogens with zero attached hydrogens (tertiary/aromatic N) is 3. The topological polar surface area (TPSA) is 49.8 Å². The summed E-state index contributed by atoms with van der Waals surface area (Å²) in [6.45, 7) is 1.44. The first-order chi connectivity index (χ1) is 9.16. The van der Waals surface area contributed by atoms with Crippen LogP contribution in [0.3, 0.4) is 0 Å². The molecule has 0 unspecified atom stereocenters. The Morgan fingerprint density at radius 2 is 2.37 bits per heavy atom. The van der Waals surface area contributed by atoms with Gasteiger partial charge in [0.25, 0.3) is 6.43 Å². The van der Waals surface area contributed by atoms with Gasteiger partial charge in [0.05, 0.1) is 6.54 Å². The summed E-state index contributed by atoms with van der Waals surface area (Å²) >= 11 is 0. The van der Waals surface area contributed by atoms with Gasteiger partial charge in [0.1, 0.15) is 0 Å².